The molecule has 0 bridgehead atoms. The molecule has 1 unspecified atom stereocenters. The van der Waals surface area contributed by atoms with E-state index in [0.29, 0.717) is 11.1 Å². The van der Waals surface area contributed by atoms with Crippen molar-refractivity contribution in [3.8, 4) is 40.6 Å². The Bertz CT molecular complexity index is 4340. The smallest absolute Gasteiger partial charge is 0.0991 e. The van der Waals surface area contributed by atoms with Crippen LogP contribution in [0.2, 0.25) is 0 Å². The molecule has 1 aliphatic heterocycles. The molecule has 15 rings (SSSR count). The summed E-state index contributed by atoms with van der Waals surface area (Å²) in [5.41, 5.74) is 15.8. The third-order valence-electron chi connectivity index (χ3n) is 14.6. The van der Waals surface area contributed by atoms with Gasteiger partial charge in [0.2, 0.25) is 0 Å². The molecule has 0 amide bonds. The van der Waals surface area contributed by atoms with Gasteiger partial charge in [-0.05, 0) is 108 Å². The minimum absolute atomic E-state index is 0.558. The van der Waals surface area contributed by atoms with E-state index in [0.717, 1.165) is 98.8 Å². The van der Waals surface area contributed by atoms with E-state index in [9.17, 15) is 10.5 Å². The van der Waals surface area contributed by atoms with E-state index in [1.54, 1.807) is 0 Å². The highest BCUT2D eigenvalue weighted by Gasteiger charge is 2.53. The average Bonchev–Trinajstić information content (AvgIpc) is 4.12. The Hall–Kier alpha value is -9.21. The number of fused-ring (bicyclic) bond motifs is 18. The summed E-state index contributed by atoms with van der Waals surface area (Å²) in [5, 5.41) is 26.7. The van der Waals surface area contributed by atoms with Crippen molar-refractivity contribution >= 4 is 77.2 Å². The summed E-state index contributed by atoms with van der Waals surface area (Å²) in [6.45, 7) is 0. The first kappa shape index (κ1) is 38.0. The number of rotatable bonds is 3. The summed E-state index contributed by atoms with van der Waals surface area (Å²) < 4.78 is 7.09. The Labute approximate surface area is 399 Å². The van der Waals surface area contributed by atoms with Crippen molar-refractivity contribution in [3.63, 3.8) is 0 Å². The van der Waals surface area contributed by atoms with Crippen LogP contribution in [0.5, 0.6) is 0 Å². The highest BCUT2D eigenvalue weighted by Crippen LogP contribution is 2.63. The molecular formula is C61H33N7S. The number of hydrogen-bond acceptors (Lipinski definition) is 5. The van der Waals surface area contributed by atoms with E-state index in [-0.39, 0.29) is 0 Å². The Morgan fingerprint density at radius 3 is 1.57 bits per heavy atom. The minimum atomic E-state index is -0.888. The van der Waals surface area contributed by atoms with Gasteiger partial charge in [0.25, 0.3) is 0 Å². The van der Waals surface area contributed by atoms with E-state index in [4.69, 9.17) is 9.97 Å². The molecule has 6 heterocycles. The molecule has 0 radical (unpaired) electrons. The van der Waals surface area contributed by atoms with Crippen molar-refractivity contribution in [2.45, 2.75) is 15.2 Å². The molecule has 8 aromatic carbocycles. The van der Waals surface area contributed by atoms with Gasteiger partial charge in [-0.15, -0.1) is 0 Å². The van der Waals surface area contributed by atoms with Crippen LogP contribution in [0.3, 0.4) is 0 Å². The molecule has 7 nitrogen and oxygen atoms in total. The van der Waals surface area contributed by atoms with Crippen LogP contribution >= 0.6 is 11.8 Å². The van der Waals surface area contributed by atoms with Crippen molar-refractivity contribution in [2.75, 3.05) is 0 Å². The van der Waals surface area contributed by atoms with E-state index < -0.39 is 5.41 Å². The summed E-state index contributed by atoms with van der Waals surface area (Å²) in [4.78, 5) is 12.9. The predicted molar refractivity (Wildman–Crippen MR) is 276 cm³/mol. The fourth-order valence-electron chi connectivity index (χ4n) is 11.9. The number of nitrogens with zero attached hydrogens (tertiary/aromatic N) is 7. The maximum atomic E-state index is 10.0. The second-order valence-corrected chi connectivity index (χ2v) is 19.0. The lowest BCUT2D eigenvalue weighted by Gasteiger charge is -2.41. The number of benzene rings is 8. The SMILES string of the molecule is N#Cc1ccc2c(c1)c1cc(C#N)ccc1n2-c1cnc2c(c1)C1(c3ccc(-n4c5ccccc5c5ccccc54)cc3Sc3cccc(-n4c5ccccc5c5ccccc54)c31)c1cccnc1-2. The van der Waals surface area contributed by atoms with Gasteiger partial charge in [-0.1, -0.05) is 103 Å². The Morgan fingerprint density at radius 1 is 0.406 bits per heavy atom. The van der Waals surface area contributed by atoms with Crippen LogP contribution in [0.15, 0.2) is 210 Å². The first-order chi connectivity index (χ1) is 34.1. The van der Waals surface area contributed by atoms with Gasteiger partial charge >= 0.3 is 0 Å². The molecule has 8 heteroatoms. The first-order valence-corrected chi connectivity index (χ1v) is 23.7. The molecule has 0 saturated heterocycles. The van der Waals surface area contributed by atoms with Crippen LogP contribution in [0.25, 0.3) is 93.9 Å². The van der Waals surface area contributed by atoms with Crippen molar-refractivity contribution < 1.29 is 0 Å². The summed E-state index contributed by atoms with van der Waals surface area (Å²) >= 11 is 1.82. The van der Waals surface area contributed by atoms with Crippen LogP contribution in [0.4, 0.5) is 0 Å². The number of hydrogen-bond donors (Lipinski definition) is 0. The average molecular weight is 896 g/mol. The van der Waals surface area contributed by atoms with Crippen molar-refractivity contribution in [2.24, 2.45) is 0 Å². The van der Waals surface area contributed by atoms with Gasteiger partial charge in [-0.2, -0.15) is 10.5 Å². The van der Waals surface area contributed by atoms with Gasteiger partial charge in [0.05, 0.1) is 90.7 Å². The van der Waals surface area contributed by atoms with Gasteiger partial charge in [0.1, 0.15) is 0 Å². The number of aromatic nitrogens is 5. The summed E-state index contributed by atoms with van der Waals surface area (Å²) in [7, 11) is 0. The second kappa shape index (κ2) is 13.9. The fourth-order valence-corrected chi connectivity index (χ4v) is 13.2. The fraction of sp³-hybridized carbons (Fsp3) is 0.0164. The molecule has 1 aliphatic carbocycles. The summed E-state index contributed by atoms with van der Waals surface area (Å²) in [6, 6.07) is 71.5. The zero-order valence-corrected chi connectivity index (χ0v) is 37.4. The third-order valence-corrected chi connectivity index (χ3v) is 15.7. The third kappa shape index (κ3) is 4.95. The molecule has 13 aromatic rings. The quantitative estimate of drug-likeness (QED) is 0.176. The molecule has 0 saturated carbocycles. The maximum Gasteiger partial charge on any atom is 0.0991 e. The number of nitriles is 2. The van der Waals surface area contributed by atoms with Gasteiger partial charge < -0.3 is 13.7 Å². The van der Waals surface area contributed by atoms with Crippen molar-refractivity contribution in [1.29, 1.82) is 10.5 Å². The predicted octanol–water partition coefficient (Wildman–Crippen LogP) is 14.3. The van der Waals surface area contributed by atoms with E-state index in [1.807, 2.05) is 60.6 Å². The second-order valence-electron chi connectivity index (χ2n) is 17.9. The van der Waals surface area contributed by atoms with E-state index >= 15 is 0 Å². The van der Waals surface area contributed by atoms with E-state index in [1.165, 1.54) is 27.1 Å². The topological polar surface area (TPSA) is 88.2 Å². The monoisotopic (exact) mass is 895 g/mol. The standard InChI is InChI=1S/C61H33N7S/c62-33-36-22-26-53-44(29-36)45-30-37(34-63)23-27-54(45)67(53)39-31-48-60(65-35-39)59-47(15-10-28-64-59)61(48)46-25-24-38(66-49-16-5-1-11-40(49)41-12-2-6-17-50(41)66)32-57(46)69-56-21-9-20-55(58(56)61)68-51-18-7-3-13-42(51)43-14-4-8-19-52(43)68/h1-32,35H. The van der Waals surface area contributed by atoms with Gasteiger partial charge in [0.15, 0.2) is 0 Å². The van der Waals surface area contributed by atoms with Crippen LogP contribution in [-0.4, -0.2) is 23.7 Å². The molecule has 69 heavy (non-hydrogen) atoms. The Balaban J connectivity index is 1.08. The molecule has 0 fully saturated rings. The lowest BCUT2D eigenvalue weighted by atomic mass is 9.67. The first-order valence-electron chi connectivity index (χ1n) is 22.9. The number of para-hydroxylation sites is 4. The molecule has 1 spiro atoms. The molecule has 318 valence electrons. The van der Waals surface area contributed by atoms with Crippen LogP contribution < -0.4 is 0 Å². The van der Waals surface area contributed by atoms with Crippen molar-refractivity contribution in [1.82, 2.24) is 23.7 Å². The van der Waals surface area contributed by atoms with Gasteiger partial charge in [0, 0.05) is 65.1 Å². The lowest BCUT2D eigenvalue weighted by Crippen LogP contribution is -2.33. The van der Waals surface area contributed by atoms with Crippen LogP contribution in [0, 0.1) is 22.7 Å². The molecule has 1 atom stereocenters. The normalized spacial score (nSPS) is 14.6. The highest BCUT2D eigenvalue weighted by molar-refractivity contribution is 7.99. The van der Waals surface area contributed by atoms with Crippen LogP contribution in [-0.2, 0) is 5.41 Å². The summed E-state index contributed by atoms with van der Waals surface area (Å²) in [5.74, 6) is 0. The highest BCUT2D eigenvalue weighted by atomic mass is 32.2. The van der Waals surface area contributed by atoms with Gasteiger partial charge in [-0.25, -0.2) is 0 Å². The number of pyridine rings is 2. The molecule has 2 aliphatic rings. The molecular weight excluding hydrogens is 863 g/mol. The largest absolute Gasteiger partial charge is 0.309 e. The maximum absolute atomic E-state index is 10.0. The van der Waals surface area contributed by atoms with E-state index in [2.05, 4.69) is 177 Å². The van der Waals surface area contributed by atoms with Gasteiger partial charge in [-0.3, -0.25) is 9.97 Å². The lowest BCUT2D eigenvalue weighted by molar-refractivity contribution is 0.711. The Kier molecular flexibility index (Phi) is 7.65. The van der Waals surface area contributed by atoms with Crippen molar-refractivity contribution in [3.05, 3.63) is 234 Å². The minimum Gasteiger partial charge on any atom is -0.309 e. The zero-order chi connectivity index (χ0) is 45.5. The molecule has 5 aromatic heterocycles. The zero-order valence-electron chi connectivity index (χ0n) is 36.6. The Morgan fingerprint density at radius 2 is 0.957 bits per heavy atom. The summed E-state index contributed by atoms with van der Waals surface area (Å²) in [6.07, 6.45) is 3.84. The molecule has 0 N–H and O–H groups in total. The van der Waals surface area contributed by atoms with Crippen LogP contribution in [0.1, 0.15) is 33.4 Å².